The number of carbonyl (C=O) groups excluding carboxylic acids is 2. The second kappa shape index (κ2) is 6.30. The predicted molar refractivity (Wildman–Crippen MR) is 83.8 cm³/mol. The predicted octanol–water partition coefficient (Wildman–Crippen LogP) is 2.06. The number of hydrogen-bond acceptors (Lipinski definition) is 2. The first-order valence-electron chi connectivity index (χ1n) is 7.25. The maximum absolute atomic E-state index is 12.3. The van der Waals surface area contributed by atoms with Crippen molar-refractivity contribution in [3.8, 4) is 0 Å². The van der Waals surface area contributed by atoms with Crippen LogP contribution < -0.4 is 10.6 Å². The fourth-order valence-corrected chi connectivity index (χ4v) is 2.02. The second-order valence-corrected chi connectivity index (χ2v) is 5.25. The largest absolute Gasteiger partial charge is 0.362 e. The molecule has 1 saturated carbocycles. The van der Waals surface area contributed by atoms with Crippen LogP contribution in [0.3, 0.4) is 0 Å². The van der Waals surface area contributed by atoms with Crippen molar-refractivity contribution in [1.82, 2.24) is 15.6 Å². The Balaban J connectivity index is 1.78. The Kier molecular flexibility index (Phi) is 4.05. The van der Waals surface area contributed by atoms with Crippen LogP contribution in [0.4, 0.5) is 0 Å². The van der Waals surface area contributed by atoms with E-state index < -0.39 is 0 Å². The number of amides is 2. The van der Waals surface area contributed by atoms with E-state index in [2.05, 4.69) is 15.6 Å². The van der Waals surface area contributed by atoms with Crippen LogP contribution in [-0.2, 0) is 4.79 Å². The summed E-state index contributed by atoms with van der Waals surface area (Å²) in [6.45, 7) is 0. The molecule has 112 valence electrons. The fraction of sp³-hybridized carbons (Fsp3) is 0.176. The molecule has 3 rings (SSSR count). The number of hydrogen-bond donors (Lipinski definition) is 3. The summed E-state index contributed by atoms with van der Waals surface area (Å²) in [5, 5.41) is 5.58. The van der Waals surface area contributed by atoms with Gasteiger partial charge in [0.2, 0.25) is 0 Å². The SMILES string of the molecule is O=C(NC1CC1)/C(=C/c1ccc[nH]1)NC(=O)c1ccccc1. The molecule has 1 heterocycles. The molecular weight excluding hydrogens is 278 g/mol. The zero-order chi connectivity index (χ0) is 15.4. The van der Waals surface area contributed by atoms with Gasteiger partial charge in [0, 0.05) is 23.5 Å². The summed E-state index contributed by atoms with van der Waals surface area (Å²) in [6, 6.07) is 12.7. The van der Waals surface area contributed by atoms with E-state index in [1.54, 1.807) is 36.5 Å². The van der Waals surface area contributed by atoms with E-state index in [4.69, 9.17) is 0 Å². The van der Waals surface area contributed by atoms with Crippen LogP contribution in [0.15, 0.2) is 54.4 Å². The average molecular weight is 295 g/mol. The molecule has 1 aromatic carbocycles. The van der Waals surface area contributed by atoms with Crippen LogP contribution in [0.25, 0.3) is 6.08 Å². The summed E-state index contributed by atoms with van der Waals surface area (Å²) < 4.78 is 0. The van der Waals surface area contributed by atoms with E-state index in [1.807, 2.05) is 18.2 Å². The van der Waals surface area contributed by atoms with E-state index in [1.165, 1.54) is 0 Å². The van der Waals surface area contributed by atoms with Crippen LogP contribution in [0.2, 0.25) is 0 Å². The summed E-state index contributed by atoms with van der Waals surface area (Å²) in [7, 11) is 0. The Labute approximate surface area is 128 Å². The van der Waals surface area contributed by atoms with E-state index >= 15 is 0 Å². The molecule has 3 N–H and O–H groups in total. The molecule has 0 bridgehead atoms. The smallest absolute Gasteiger partial charge is 0.268 e. The highest BCUT2D eigenvalue weighted by Crippen LogP contribution is 2.19. The number of benzene rings is 1. The molecule has 0 aliphatic heterocycles. The molecule has 0 spiro atoms. The molecule has 5 heteroatoms. The van der Waals surface area contributed by atoms with Gasteiger partial charge in [-0.05, 0) is 43.2 Å². The highest BCUT2D eigenvalue weighted by molar-refractivity contribution is 6.05. The van der Waals surface area contributed by atoms with Gasteiger partial charge in [-0.3, -0.25) is 9.59 Å². The maximum atomic E-state index is 12.3. The van der Waals surface area contributed by atoms with E-state index in [9.17, 15) is 9.59 Å². The average Bonchev–Trinajstić information content (AvgIpc) is 3.20. The summed E-state index contributed by atoms with van der Waals surface area (Å²) in [5.41, 5.74) is 1.51. The summed E-state index contributed by atoms with van der Waals surface area (Å²) in [5.74, 6) is -0.564. The van der Waals surface area contributed by atoms with Crippen molar-refractivity contribution in [3.05, 3.63) is 65.6 Å². The van der Waals surface area contributed by atoms with Crippen LogP contribution >= 0.6 is 0 Å². The number of aromatic amines is 1. The minimum absolute atomic E-state index is 0.230. The number of rotatable bonds is 5. The Morgan fingerprint density at radius 2 is 1.86 bits per heavy atom. The van der Waals surface area contributed by atoms with Crippen LogP contribution in [0.1, 0.15) is 28.9 Å². The maximum Gasteiger partial charge on any atom is 0.268 e. The third-order valence-corrected chi connectivity index (χ3v) is 3.36. The van der Waals surface area contributed by atoms with Crippen molar-refractivity contribution < 1.29 is 9.59 Å². The third-order valence-electron chi connectivity index (χ3n) is 3.36. The lowest BCUT2D eigenvalue weighted by molar-refractivity contribution is -0.117. The molecule has 1 aromatic heterocycles. The molecule has 5 nitrogen and oxygen atoms in total. The lowest BCUT2D eigenvalue weighted by Crippen LogP contribution is -2.35. The topological polar surface area (TPSA) is 74.0 Å². The van der Waals surface area contributed by atoms with Crippen molar-refractivity contribution in [1.29, 1.82) is 0 Å². The fourth-order valence-electron chi connectivity index (χ4n) is 2.02. The zero-order valence-corrected chi connectivity index (χ0v) is 12.0. The first kappa shape index (κ1) is 14.1. The lowest BCUT2D eigenvalue weighted by atomic mass is 10.2. The van der Waals surface area contributed by atoms with Crippen molar-refractivity contribution >= 4 is 17.9 Å². The van der Waals surface area contributed by atoms with Crippen LogP contribution in [0.5, 0.6) is 0 Å². The molecule has 0 atom stereocenters. The normalized spacial score (nSPS) is 14.5. The molecule has 0 saturated heterocycles. The third kappa shape index (κ3) is 3.63. The zero-order valence-electron chi connectivity index (χ0n) is 12.0. The quantitative estimate of drug-likeness (QED) is 0.739. The monoisotopic (exact) mass is 295 g/mol. The minimum atomic E-state index is -0.302. The summed E-state index contributed by atoms with van der Waals surface area (Å²) in [4.78, 5) is 27.5. The van der Waals surface area contributed by atoms with Crippen molar-refractivity contribution in [2.75, 3.05) is 0 Å². The molecule has 2 amide bonds. The van der Waals surface area contributed by atoms with Crippen molar-refractivity contribution in [2.45, 2.75) is 18.9 Å². The molecule has 1 fully saturated rings. The molecule has 0 radical (unpaired) electrons. The summed E-state index contributed by atoms with van der Waals surface area (Å²) in [6.07, 6.45) is 5.39. The Hall–Kier alpha value is -2.82. The van der Waals surface area contributed by atoms with Gasteiger partial charge in [0.05, 0.1) is 0 Å². The van der Waals surface area contributed by atoms with Crippen molar-refractivity contribution in [3.63, 3.8) is 0 Å². The highest BCUT2D eigenvalue weighted by Gasteiger charge is 2.25. The first-order valence-corrected chi connectivity index (χ1v) is 7.25. The molecule has 0 unspecified atom stereocenters. The Morgan fingerprint density at radius 3 is 2.50 bits per heavy atom. The minimum Gasteiger partial charge on any atom is -0.362 e. The lowest BCUT2D eigenvalue weighted by Gasteiger charge is -2.10. The molecule has 1 aliphatic rings. The van der Waals surface area contributed by atoms with E-state index in [-0.39, 0.29) is 23.6 Å². The van der Waals surface area contributed by atoms with E-state index in [0.29, 0.717) is 5.56 Å². The standard InChI is InChI=1S/C17H17N3O2/c21-16(12-5-2-1-3-6-12)20-15(11-14-7-4-10-18-14)17(22)19-13-8-9-13/h1-7,10-11,13,18H,8-9H2,(H,19,22)(H,20,21)/b15-11-. The Bertz CT molecular complexity index is 686. The van der Waals surface area contributed by atoms with Gasteiger partial charge >= 0.3 is 0 Å². The number of nitrogens with one attached hydrogen (secondary N) is 3. The number of carbonyl (C=O) groups is 2. The van der Waals surface area contributed by atoms with Gasteiger partial charge in [-0.25, -0.2) is 0 Å². The van der Waals surface area contributed by atoms with Gasteiger partial charge in [-0.15, -0.1) is 0 Å². The van der Waals surface area contributed by atoms with Gasteiger partial charge in [0.25, 0.3) is 11.8 Å². The molecule has 22 heavy (non-hydrogen) atoms. The molecule has 2 aromatic rings. The second-order valence-electron chi connectivity index (χ2n) is 5.25. The first-order chi connectivity index (χ1) is 10.7. The highest BCUT2D eigenvalue weighted by atomic mass is 16.2. The van der Waals surface area contributed by atoms with Gasteiger partial charge < -0.3 is 15.6 Å². The molecule has 1 aliphatic carbocycles. The molecular formula is C17H17N3O2. The number of aromatic nitrogens is 1. The van der Waals surface area contributed by atoms with Gasteiger partial charge in [-0.1, -0.05) is 18.2 Å². The summed E-state index contributed by atoms with van der Waals surface area (Å²) >= 11 is 0. The van der Waals surface area contributed by atoms with Gasteiger partial charge in [0.15, 0.2) is 0 Å². The van der Waals surface area contributed by atoms with Crippen molar-refractivity contribution in [2.24, 2.45) is 0 Å². The van der Waals surface area contributed by atoms with Gasteiger partial charge in [-0.2, -0.15) is 0 Å². The van der Waals surface area contributed by atoms with Crippen LogP contribution in [-0.4, -0.2) is 22.8 Å². The van der Waals surface area contributed by atoms with Crippen LogP contribution in [0, 0.1) is 0 Å². The van der Waals surface area contributed by atoms with E-state index in [0.717, 1.165) is 18.5 Å². The van der Waals surface area contributed by atoms with Gasteiger partial charge in [0.1, 0.15) is 5.70 Å². The number of H-pyrrole nitrogens is 1. The Morgan fingerprint density at radius 1 is 1.09 bits per heavy atom.